The third kappa shape index (κ3) is 10.7. The molecule has 0 aliphatic heterocycles. The molecule has 3 unspecified atom stereocenters. The Morgan fingerprint density at radius 2 is 1.42 bits per heavy atom. The molecule has 0 heterocycles. The predicted octanol–water partition coefficient (Wildman–Crippen LogP) is 2.82. The molecule has 0 saturated carbocycles. The van der Waals surface area contributed by atoms with Crippen LogP contribution in [0.1, 0.15) is 72.6 Å². The summed E-state index contributed by atoms with van der Waals surface area (Å²) in [6.07, 6.45) is 0.806. The Kier molecular flexibility index (Phi) is 12.1. The summed E-state index contributed by atoms with van der Waals surface area (Å²) in [5.41, 5.74) is 0. The molecule has 0 aliphatic carbocycles. The molecule has 26 heavy (non-hydrogen) atoms. The third-order valence-electron chi connectivity index (χ3n) is 3.75. The van der Waals surface area contributed by atoms with E-state index in [-0.39, 0.29) is 19.3 Å². The van der Waals surface area contributed by atoms with Gasteiger partial charge in [-0.25, -0.2) is 0 Å². The summed E-state index contributed by atoms with van der Waals surface area (Å²) in [7, 11) is 0. The second-order valence-corrected chi connectivity index (χ2v) is 6.00. The Labute approximate surface area is 154 Å². The van der Waals surface area contributed by atoms with Crippen LogP contribution in [0.4, 0.5) is 0 Å². The van der Waals surface area contributed by atoms with Crippen LogP contribution in [0.25, 0.3) is 0 Å². The minimum Gasteiger partial charge on any atom is -0.481 e. The van der Waals surface area contributed by atoms with Gasteiger partial charge in [-0.15, -0.1) is 0 Å². The average molecular weight is 374 g/mol. The molecule has 0 aromatic rings. The van der Waals surface area contributed by atoms with Crippen LogP contribution in [-0.4, -0.2) is 41.4 Å². The first-order chi connectivity index (χ1) is 12.2. The van der Waals surface area contributed by atoms with Crippen molar-refractivity contribution in [1.82, 2.24) is 0 Å². The van der Waals surface area contributed by atoms with E-state index in [0.717, 1.165) is 0 Å². The fourth-order valence-corrected chi connectivity index (χ4v) is 2.28. The summed E-state index contributed by atoms with van der Waals surface area (Å²) < 4.78 is 15.3. The van der Waals surface area contributed by atoms with Gasteiger partial charge in [0.05, 0.1) is 5.92 Å². The van der Waals surface area contributed by atoms with Gasteiger partial charge in [0.1, 0.15) is 6.10 Å². The molecule has 0 aromatic heterocycles. The lowest BCUT2D eigenvalue weighted by molar-refractivity contribution is -0.190. The topological polar surface area (TPSA) is 116 Å². The van der Waals surface area contributed by atoms with E-state index < -0.39 is 42.2 Å². The quantitative estimate of drug-likeness (QED) is 0.297. The van der Waals surface area contributed by atoms with Crippen LogP contribution in [0.2, 0.25) is 0 Å². The van der Waals surface area contributed by atoms with Crippen molar-refractivity contribution in [3.8, 4) is 0 Å². The van der Waals surface area contributed by atoms with Gasteiger partial charge < -0.3 is 19.3 Å². The van der Waals surface area contributed by atoms with E-state index >= 15 is 0 Å². The van der Waals surface area contributed by atoms with E-state index in [1.54, 1.807) is 20.8 Å². The maximum atomic E-state index is 12.4. The van der Waals surface area contributed by atoms with Crippen molar-refractivity contribution in [2.75, 3.05) is 0 Å². The fourth-order valence-electron chi connectivity index (χ4n) is 2.28. The smallest absolute Gasteiger partial charge is 0.315 e. The first-order valence-corrected chi connectivity index (χ1v) is 9.02. The first kappa shape index (κ1) is 23.9. The van der Waals surface area contributed by atoms with Gasteiger partial charge in [-0.05, 0) is 19.8 Å². The van der Waals surface area contributed by atoms with Crippen LogP contribution in [0.15, 0.2) is 0 Å². The molecule has 0 fully saturated rings. The lowest BCUT2D eigenvalue weighted by Gasteiger charge is -2.24. The molecular formula is C18H30O8. The zero-order valence-electron chi connectivity index (χ0n) is 16.0. The number of hydrogen-bond acceptors (Lipinski definition) is 7. The summed E-state index contributed by atoms with van der Waals surface area (Å²) in [5.74, 6) is -3.10. The second-order valence-electron chi connectivity index (χ2n) is 6.00. The van der Waals surface area contributed by atoms with E-state index in [0.29, 0.717) is 25.7 Å². The van der Waals surface area contributed by atoms with E-state index in [1.165, 1.54) is 6.92 Å². The second kappa shape index (κ2) is 13.1. The van der Waals surface area contributed by atoms with Crippen molar-refractivity contribution in [1.29, 1.82) is 0 Å². The van der Waals surface area contributed by atoms with Crippen LogP contribution in [-0.2, 0) is 33.4 Å². The zero-order chi connectivity index (χ0) is 20.1. The molecule has 0 saturated heterocycles. The molecule has 0 radical (unpaired) electrons. The van der Waals surface area contributed by atoms with Gasteiger partial charge in [0, 0.05) is 26.2 Å². The van der Waals surface area contributed by atoms with Crippen molar-refractivity contribution in [3.05, 3.63) is 0 Å². The van der Waals surface area contributed by atoms with Crippen LogP contribution in [0.3, 0.4) is 0 Å². The van der Waals surface area contributed by atoms with Gasteiger partial charge in [-0.1, -0.05) is 26.7 Å². The number of carbonyl (C=O) groups is 4. The molecule has 8 nitrogen and oxygen atoms in total. The highest BCUT2D eigenvalue weighted by Crippen LogP contribution is 2.20. The number of carboxylic acid groups (broad SMARTS) is 1. The molecule has 150 valence electrons. The molecule has 0 aromatic carbocycles. The number of ether oxygens (including phenoxy) is 3. The Hall–Kier alpha value is -2.12. The van der Waals surface area contributed by atoms with Gasteiger partial charge >= 0.3 is 23.9 Å². The van der Waals surface area contributed by atoms with Crippen molar-refractivity contribution in [2.24, 2.45) is 5.92 Å². The SMILES string of the molecule is CCC(=O)OC(C)OC(=O)C(CCCCCC(=O)O)C(C)OC(=O)CC. The summed E-state index contributed by atoms with van der Waals surface area (Å²) in [5, 5.41) is 8.64. The number of carbonyl (C=O) groups excluding carboxylic acids is 3. The van der Waals surface area contributed by atoms with E-state index in [9.17, 15) is 19.2 Å². The number of carboxylic acids is 1. The van der Waals surface area contributed by atoms with Crippen molar-refractivity contribution in [3.63, 3.8) is 0 Å². The average Bonchev–Trinajstić information content (AvgIpc) is 2.56. The summed E-state index contributed by atoms with van der Waals surface area (Å²) in [6, 6.07) is 0. The molecule has 0 bridgehead atoms. The van der Waals surface area contributed by atoms with Crippen LogP contribution < -0.4 is 0 Å². The maximum absolute atomic E-state index is 12.4. The molecule has 0 amide bonds. The standard InChI is InChI=1S/C18H30O8/c1-5-16(21)24-12(3)14(10-8-7-9-11-15(19)20)18(23)26-13(4)25-17(22)6-2/h12-14H,5-11H2,1-4H3,(H,19,20). The normalized spacial score (nSPS) is 14.0. The van der Waals surface area contributed by atoms with Crippen molar-refractivity contribution < 1.29 is 38.5 Å². The minimum absolute atomic E-state index is 0.0689. The van der Waals surface area contributed by atoms with Gasteiger partial charge in [-0.3, -0.25) is 19.2 Å². The summed E-state index contributed by atoms with van der Waals surface area (Å²) >= 11 is 0. The molecule has 0 spiro atoms. The highest BCUT2D eigenvalue weighted by Gasteiger charge is 2.30. The lowest BCUT2D eigenvalue weighted by Crippen LogP contribution is -2.34. The van der Waals surface area contributed by atoms with Crippen molar-refractivity contribution >= 4 is 23.9 Å². The minimum atomic E-state index is -1.03. The number of esters is 3. The predicted molar refractivity (Wildman–Crippen MR) is 92.0 cm³/mol. The molecule has 1 N–H and O–H groups in total. The van der Waals surface area contributed by atoms with Crippen LogP contribution in [0, 0.1) is 5.92 Å². The Bertz CT molecular complexity index is 474. The van der Waals surface area contributed by atoms with Crippen LogP contribution in [0.5, 0.6) is 0 Å². The Balaban J connectivity index is 4.72. The molecule has 0 aliphatic rings. The van der Waals surface area contributed by atoms with E-state index in [1.807, 2.05) is 0 Å². The van der Waals surface area contributed by atoms with Gasteiger partial charge in [0.25, 0.3) is 0 Å². The third-order valence-corrected chi connectivity index (χ3v) is 3.75. The lowest BCUT2D eigenvalue weighted by atomic mass is 9.96. The maximum Gasteiger partial charge on any atom is 0.315 e. The summed E-state index contributed by atoms with van der Waals surface area (Å²) in [6.45, 7) is 6.33. The Morgan fingerprint density at radius 3 is 1.96 bits per heavy atom. The van der Waals surface area contributed by atoms with Gasteiger partial charge in [-0.2, -0.15) is 0 Å². The number of rotatable bonds is 13. The fraction of sp³-hybridized carbons (Fsp3) is 0.778. The number of aliphatic carboxylic acids is 1. The molecular weight excluding hydrogens is 344 g/mol. The highest BCUT2D eigenvalue weighted by molar-refractivity contribution is 5.75. The van der Waals surface area contributed by atoms with Crippen LogP contribution >= 0.6 is 0 Å². The monoisotopic (exact) mass is 374 g/mol. The summed E-state index contributed by atoms with van der Waals surface area (Å²) in [4.78, 5) is 45.7. The largest absolute Gasteiger partial charge is 0.481 e. The molecule has 3 atom stereocenters. The van der Waals surface area contributed by atoms with E-state index in [2.05, 4.69) is 0 Å². The zero-order valence-corrected chi connectivity index (χ0v) is 16.0. The number of hydrogen-bond donors (Lipinski definition) is 1. The highest BCUT2D eigenvalue weighted by atomic mass is 16.7. The van der Waals surface area contributed by atoms with Gasteiger partial charge in [0.15, 0.2) is 0 Å². The van der Waals surface area contributed by atoms with Crippen molar-refractivity contribution in [2.45, 2.75) is 85.0 Å². The first-order valence-electron chi connectivity index (χ1n) is 9.02. The Morgan fingerprint density at radius 1 is 0.846 bits per heavy atom. The molecule has 8 heteroatoms. The number of unbranched alkanes of at least 4 members (excludes halogenated alkanes) is 2. The van der Waals surface area contributed by atoms with Gasteiger partial charge in [0.2, 0.25) is 6.29 Å². The van der Waals surface area contributed by atoms with E-state index in [4.69, 9.17) is 19.3 Å². The molecule has 0 rings (SSSR count).